The highest BCUT2D eigenvalue weighted by atomic mass is 35.5. The molecule has 0 amide bonds. The number of nitrogens with zero attached hydrogens (tertiary/aromatic N) is 5. The Morgan fingerprint density at radius 3 is 2.77 bits per heavy atom. The number of fused-ring (bicyclic) bond motifs is 1. The Bertz CT molecular complexity index is 988. The molecule has 1 aliphatic rings. The van der Waals surface area contributed by atoms with E-state index < -0.39 is 0 Å². The van der Waals surface area contributed by atoms with Gasteiger partial charge in [0.1, 0.15) is 22.5 Å². The molecule has 7 nitrogen and oxygen atoms in total. The van der Waals surface area contributed by atoms with Crippen molar-refractivity contribution in [2.75, 3.05) is 6.54 Å². The number of hydrogen-bond acceptors (Lipinski definition) is 6. The monoisotopic (exact) mass is 388 g/mol. The zero-order valence-electron chi connectivity index (χ0n) is 13.6. The normalized spacial score (nSPS) is 14.2. The Morgan fingerprint density at radius 2 is 2.04 bits per heavy atom. The highest BCUT2D eigenvalue weighted by molar-refractivity contribution is 6.34. The van der Waals surface area contributed by atoms with Gasteiger partial charge in [-0.15, -0.1) is 0 Å². The van der Waals surface area contributed by atoms with Crippen molar-refractivity contribution in [3.63, 3.8) is 0 Å². The molecule has 3 aromatic rings. The Balaban J connectivity index is 1.64. The average Bonchev–Trinajstić information content (AvgIpc) is 2.65. The fourth-order valence-corrected chi connectivity index (χ4v) is 3.43. The number of H-pyrrole nitrogens is 1. The first-order valence-corrected chi connectivity index (χ1v) is 8.77. The SMILES string of the molecule is O=c1[nH]c(-c2cccnc2)nc2c1CCN(Cc1c(Cl)ncnc1Cl)C2. The maximum atomic E-state index is 12.4. The van der Waals surface area contributed by atoms with Crippen molar-refractivity contribution in [2.45, 2.75) is 19.5 Å². The molecular formula is C17H14Cl2N6O. The number of aromatic nitrogens is 5. The standard InChI is InChI=1S/C17H14Cl2N6O/c18-14-12(15(19)22-9-21-14)7-25-5-3-11-13(8-25)23-16(24-17(11)26)10-2-1-4-20-6-10/h1-2,4,6,9H,3,5,7-8H2,(H,23,24,26). The lowest BCUT2D eigenvalue weighted by Crippen LogP contribution is -2.35. The van der Waals surface area contributed by atoms with Crippen molar-refractivity contribution in [2.24, 2.45) is 0 Å². The molecule has 0 aromatic carbocycles. The summed E-state index contributed by atoms with van der Waals surface area (Å²) in [7, 11) is 0. The second kappa shape index (κ2) is 7.11. The van der Waals surface area contributed by atoms with Gasteiger partial charge in [0, 0.05) is 48.7 Å². The van der Waals surface area contributed by atoms with Crippen LogP contribution in [-0.2, 0) is 19.5 Å². The van der Waals surface area contributed by atoms with E-state index in [-0.39, 0.29) is 5.56 Å². The number of rotatable bonds is 3. The van der Waals surface area contributed by atoms with Crippen molar-refractivity contribution in [1.82, 2.24) is 29.8 Å². The van der Waals surface area contributed by atoms with Crippen molar-refractivity contribution in [3.8, 4) is 11.4 Å². The molecule has 1 aliphatic heterocycles. The summed E-state index contributed by atoms with van der Waals surface area (Å²) in [5.41, 5.74) is 2.81. The number of halogens is 2. The Labute approximate surface area is 159 Å². The Kier molecular flexibility index (Phi) is 4.67. The first-order valence-electron chi connectivity index (χ1n) is 8.01. The van der Waals surface area contributed by atoms with Gasteiger partial charge in [-0.3, -0.25) is 14.7 Å². The summed E-state index contributed by atoms with van der Waals surface area (Å²) >= 11 is 12.3. The summed E-state index contributed by atoms with van der Waals surface area (Å²) in [5.74, 6) is 0.516. The quantitative estimate of drug-likeness (QED) is 0.693. The van der Waals surface area contributed by atoms with Gasteiger partial charge in [0.25, 0.3) is 5.56 Å². The van der Waals surface area contributed by atoms with Gasteiger partial charge in [-0.25, -0.2) is 15.0 Å². The minimum Gasteiger partial charge on any atom is -0.306 e. The molecule has 0 unspecified atom stereocenters. The molecule has 132 valence electrons. The molecular weight excluding hydrogens is 375 g/mol. The minimum atomic E-state index is -0.104. The summed E-state index contributed by atoms with van der Waals surface area (Å²) in [6, 6.07) is 3.67. The van der Waals surface area contributed by atoms with E-state index in [0.29, 0.717) is 47.7 Å². The van der Waals surface area contributed by atoms with E-state index in [4.69, 9.17) is 23.2 Å². The number of aromatic amines is 1. The van der Waals surface area contributed by atoms with Crippen molar-refractivity contribution in [1.29, 1.82) is 0 Å². The highest BCUT2D eigenvalue weighted by Crippen LogP contribution is 2.24. The van der Waals surface area contributed by atoms with E-state index in [9.17, 15) is 4.79 Å². The predicted molar refractivity (Wildman–Crippen MR) is 98.0 cm³/mol. The third-order valence-electron chi connectivity index (χ3n) is 4.31. The first kappa shape index (κ1) is 17.1. The lowest BCUT2D eigenvalue weighted by molar-refractivity contribution is 0.240. The maximum Gasteiger partial charge on any atom is 0.254 e. The second-order valence-corrected chi connectivity index (χ2v) is 6.69. The zero-order chi connectivity index (χ0) is 18.1. The Hall–Kier alpha value is -2.35. The topological polar surface area (TPSA) is 87.7 Å². The van der Waals surface area contributed by atoms with Crippen LogP contribution in [-0.4, -0.2) is 36.4 Å². The van der Waals surface area contributed by atoms with Crippen LogP contribution in [0.1, 0.15) is 16.8 Å². The minimum absolute atomic E-state index is 0.104. The zero-order valence-corrected chi connectivity index (χ0v) is 15.1. The van der Waals surface area contributed by atoms with Crippen LogP contribution >= 0.6 is 23.2 Å². The average molecular weight is 389 g/mol. The van der Waals surface area contributed by atoms with Gasteiger partial charge < -0.3 is 4.98 Å². The van der Waals surface area contributed by atoms with Gasteiger partial charge in [0.15, 0.2) is 0 Å². The summed E-state index contributed by atoms with van der Waals surface area (Å²) in [4.78, 5) is 34.1. The van der Waals surface area contributed by atoms with Crippen molar-refractivity contribution in [3.05, 3.63) is 68.3 Å². The number of pyridine rings is 1. The lowest BCUT2D eigenvalue weighted by atomic mass is 10.1. The van der Waals surface area contributed by atoms with Crippen LogP contribution in [0.25, 0.3) is 11.4 Å². The first-order chi connectivity index (χ1) is 12.6. The molecule has 0 bridgehead atoms. The van der Waals surface area contributed by atoms with Gasteiger partial charge in [0.05, 0.1) is 5.69 Å². The molecule has 3 aromatic heterocycles. The number of nitrogens with one attached hydrogen (secondary N) is 1. The summed E-state index contributed by atoms with van der Waals surface area (Å²) in [5, 5.41) is 0.677. The van der Waals surface area contributed by atoms with Crippen LogP contribution in [0.4, 0.5) is 0 Å². The van der Waals surface area contributed by atoms with E-state index in [1.165, 1.54) is 6.33 Å². The van der Waals surface area contributed by atoms with Crippen LogP contribution in [0.5, 0.6) is 0 Å². The Morgan fingerprint density at radius 1 is 1.23 bits per heavy atom. The molecule has 1 N–H and O–H groups in total. The van der Waals surface area contributed by atoms with Crippen LogP contribution in [0, 0.1) is 0 Å². The van der Waals surface area contributed by atoms with Crippen LogP contribution in [0.3, 0.4) is 0 Å². The highest BCUT2D eigenvalue weighted by Gasteiger charge is 2.23. The summed E-state index contributed by atoms with van der Waals surface area (Å²) < 4.78 is 0. The molecule has 0 saturated heterocycles. The van der Waals surface area contributed by atoms with E-state index in [1.807, 2.05) is 6.07 Å². The lowest BCUT2D eigenvalue weighted by Gasteiger charge is -2.28. The fraction of sp³-hybridized carbons (Fsp3) is 0.235. The van der Waals surface area contributed by atoms with Gasteiger partial charge >= 0.3 is 0 Å². The largest absolute Gasteiger partial charge is 0.306 e. The van der Waals surface area contributed by atoms with E-state index in [1.54, 1.807) is 18.5 Å². The molecule has 4 rings (SSSR count). The third kappa shape index (κ3) is 3.33. The van der Waals surface area contributed by atoms with Gasteiger partial charge in [0.2, 0.25) is 0 Å². The van der Waals surface area contributed by atoms with E-state index in [2.05, 4.69) is 29.8 Å². The number of hydrogen-bond donors (Lipinski definition) is 1. The fourth-order valence-electron chi connectivity index (χ4n) is 2.99. The van der Waals surface area contributed by atoms with Crippen LogP contribution in [0.2, 0.25) is 10.3 Å². The molecule has 0 fully saturated rings. The van der Waals surface area contributed by atoms with Crippen LogP contribution < -0.4 is 5.56 Å². The molecule has 26 heavy (non-hydrogen) atoms. The van der Waals surface area contributed by atoms with Crippen molar-refractivity contribution < 1.29 is 0 Å². The van der Waals surface area contributed by atoms with Gasteiger partial charge in [-0.05, 0) is 18.6 Å². The molecule has 0 aliphatic carbocycles. The van der Waals surface area contributed by atoms with E-state index in [0.717, 1.165) is 16.8 Å². The van der Waals surface area contributed by atoms with Gasteiger partial charge in [-0.2, -0.15) is 0 Å². The summed E-state index contributed by atoms with van der Waals surface area (Å²) in [6.45, 7) is 1.72. The predicted octanol–water partition coefficient (Wildman–Crippen LogP) is 2.49. The molecule has 0 saturated carbocycles. The molecule has 0 radical (unpaired) electrons. The molecule has 0 spiro atoms. The molecule has 4 heterocycles. The second-order valence-electron chi connectivity index (χ2n) is 5.98. The van der Waals surface area contributed by atoms with Crippen LogP contribution in [0.15, 0.2) is 35.6 Å². The molecule has 9 heteroatoms. The third-order valence-corrected chi connectivity index (χ3v) is 4.96. The van der Waals surface area contributed by atoms with Crippen molar-refractivity contribution >= 4 is 23.2 Å². The van der Waals surface area contributed by atoms with Gasteiger partial charge in [-0.1, -0.05) is 23.2 Å². The molecule has 0 atom stereocenters. The smallest absolute Gasteiger partial charge is 0.254 e. The summed E-state index contributed by atoms with van der Waals surface area (Å²) in [6.07, 6.45) is 5.29. The van der Waals surface area contributed by atoms with E-state index >= 15 is 0 Å². The maximum absolute atomic E-state index is 12.4.